The van der Waals surface area contributed by atoms with E-state index in [1.807, 2.05) is 0 Å². The third kappa shape index (κ3) is 6.47. The van der Waals surface area contributed by atoms with E-state index in [9.17, 15) is 27.1 Å². The Balaban J connectivity index is 1.48. The van der Waals surface area contributed by atoms with Gasteiger partial charge in [-0.2, -0.15) is 0 Å². The normalized spacial score (nSPS) is 12.3. The number of para-hydroxylation sites is 1. The van der Waals surface area contributed by atoms with Gasteiger partial charge in [-0.3, -0.25) is 9.10 Å². The third-order valence-electron chi connectivity index (χ3n) is 8.50. The second-order valence-corrected chi connectivity index (χ2v) is 13.9. The zero-order valence-electron chi connectivity index (χ0n) is 28.0. The maximum absolute atomic E-state index is 14.6. The summed E-state index contributed by atoms with van der Waals surface area (Å²) in [5.74, 6) is -1.05. The molecular formula is C37H31F2N5O7S. The number of furan rings is 1. The first-order chi connectivity index (χ1) is 24.9. The molecule has 0 aliphatic rings. The number of rotatable bonds is 11. The average Bonchev–Trinajstić information content (AvgIpc) is 3.89. The molecule has 1 unspecified atom stereocenters. The van der Waals surface area contributed by atoms with E-state index < -0.39 is 33.7 Å². The fourth-order valence-electron chi connectivity index (χ4n) is 6.10. The summed E-state index contributed by atoms with van der Waals surface area (Å²) in [6, 6.07) is 17.8. The van der Waals surface area contributed by atoms with E-state index in [0.717, 1.165) is 10.6 Å². The first kappa shape index (κ1) is 34.4. The van der Waals surface area contributed by atoms with Crippen LogP contribution < -0.4 is 14.4 Å². The van der Waals surface area contributed by atoms with Crippen molar-refractivity contribution in [2.24, 2.45) is 0 Å². The number of ether oxygens (including phenoxy) is 1. The Kier molecular flexibility index (Phi) is 8.98. The maximum atomic E-state index is 14.6. The quantitative estimate of drug-likeness (QED) is 0.158. The summed E-state index contributed by atoms with van der Waals surface area (Å²) in [6.45, 7) is -0.322. The second kappa shape index (κ2) is 13.6. The topological polar surface area (TPSA) is 153 Å². The molecule has 0 bridgehead atoms. The Morgan fingerprint density at radius 2 is 1.79 bits per heavy atom. The number of oxazole rings is 1. The number of hydrogen-bond acceptors (Lipinski definition) is 9. The number of benzene rings is 4. The number of anilines is 1. The predicted molar refractivity (Wildman–Crippen MR) is 190 cm³/mol. The van der Waals surface area contributed by atoms with Gasteiger partial charge in [-0.25, -0.2) is 27.2 Å². The summed E-state index contributed by atoms with van der Waals surface area (Å²) in [4.78, 5) is 21.8. The highest BCUT2D eigenvalue weighted by molar-refractivity contribution is 7.92. The van der Waals surface area contributed by atoms with Crippen LogP contribution in [0.1, 0.15) is 10.4 Å². The van der Waals surface area contributed by atoms with Crippen molar-refractivity contribution in [3.05, 3.63) is 109 Å². The molecule has 7 rings (SSSR count). The van der Waals surface area contributed by atoms with Crippen LogP contribution in [0.15, 0.2) is 100 Å². The van der Waals surface area contributed by atoms with Crippen LogP contribution in [0.5, 0.6) is 5.75 Å². The number of methoxy groups -OCH3 is 1. The van der Waals surface area contributed by atoms with E-state index in [1.54, 1.807) is 47.3 Å². The van der Waals surface area contributed by atoms with Crippen molar-refractivity contribution in [3.8, 4) is 39.7 Å². The maximum Gasteiger partial charge on any atom is 0.255 e. The first-order valence-corrected chi connectivity index (χ1v) is 17.7. The minimum Gasteiger partial charge on any atom is -0.496 e. The number of aliphatic hydroxyl groups excluding tert-OH is 1. The van der Waals surface area contributed by atoms with Crippen LogP contribution in [0.3, 0.4) is 0 Å². The van der Waals surface area contributed by atoms with Crippen molar-refractivity contribution >= 4 is 43.7 Å². The van der Waals surface area contributed by atoms with Crippen LogP contribution in [0, 0.1) is 11.6 Å². The van der Waals surface area contributed by atoms with Crippen LogP contribution in [0.4, 0.5) is 14.5 Å². The largest absolute Gasteiger partial charge is 0.496 e. The molecule has 2 N–H and O–H groups in total. The van der Waals surface area contributed by atoms with Crippen molar-refractivity contribution in [1.82, 2.24) is 19.9 Å². The summed E-state index contributed by atoms with van der Waals surface area (Å²) >= 11 is 0. The van der Waals surface area contributed by atoms with Crippen LogP contribution in [-0.4, -0.2) is 67.0 Å². The monoisotopic (exact) mass is 727 g/mol. The lowest BCUT2D eigenvalue weighted by molar-refractivity contribution is 0.0964. The number of halogens is 2. The molecule has 0 radical (unpaired) electrons. The molecule has 1 atom stereocenters. The fraction of sp³-hybridized carbons (Fsp3) is 0.162. The Morgan fingerprint density at radius 3 is 2.46 bits per heavy atom. The van der Waals surface area contributed by atoms with E-state index in [4.69, 9.17) is 13.6 Å². The number of amides is 1. The molecule has 7 aromatic rings. The van der Waals surface area contributed by atoms with Gasteiger partial charge in [0.1, 0.15) is 28.4 Å². The zero-order valence-corrected chi connectivity index (χ0v) is 28.8. The van der Waals surface area contributed by atoms with E-state index in [1.165, 1.54) is 62.9 Å². The summed E-state index contributed by atoms with van der Waals surface area (Å²) in [5.41, 5.74) is 2.11. The lowest BCUT2D eigenvalue weighted by Gasteiger charge is -2.27. The highest BCUT2D eigenvalue weighted by Gasteiger charge is 2.29. The van der Waals surface area contributed by atoms with Crippen molar-refractivity contribution in [3.63, 3.8) is 0 Å². The van der Waals surface area contributed by atoms with Gasteiger partial charge >= 0.3 is 0 Å². The molecule has 4 aromatic carbocycles. The van der Waals surface area contributed by atoms with Gasteiger partial charge in [-0.05, 0) is 60.2 Å². The smallest absolute Gasteiger partial charge is 0.255 e. The zero-order chi connectivity index (χ0) is 36.7. The Bertz CT molecular complexity index is 2550. The summed E-state index contributed by atoms with van der Waals surface area (Å²) in [6.07, 6.45) is 4.52. The number of fused-ring (bicyclic) bond motifs is 2. The second-order valence-electron chi connectivity index (χ2n) is 12.0. The molecule has 12 nitrogen and oxygen atoms in total. The molecule has 3 aromatic heterocycles. The third-order valence-corrected chi connectivity index (χ3v) is 9.65. The summed E-state index contributed by atoms with van der Waals surface area (Å²) in [5, 5.41) is 14.1. The molecular weight excluding hydrogens is 696 g/mol. The van der Waals surface area contributed by atoms with Gasteiger partial charge in [0.2, 0.25) is 15.9 Å². The van der Waals surface area contributed by atoms with Gasteiger partial charge in [-0.1, -0.05) is 12.1 Å². The van der Waals surface area contributed by atoms with Crippen molar-refractivity contribution in [2.75, 3.05) is 31.3 Å². The first-order valence-electron chi connectivity index (χ1n) is 15.9. The van der Waals surface area contributed by atoms with Crippen molar-refractivity contribution < 1.29 is 40.7 Å². The van der Waals surface area contributed by atoms with Crippen molar-refractivity contribution in [2.45, 2.75) is 12.6 Å². The van der Waals surface area contributed by atoms with Crippen molar-refractivity contribution in [1.29, 1.82) is 0 Å². The van der Waals surface area contributed by atoms with E-state index in [-0.39, 0.29) is 52.7 Å². The van der Waals surface area contributed by atoms with Crippen LogP contribution in [0.25, 0.3) is 56.0 Å². The number of sulfonamides is 1. The molecule has 0 saturated heterocycles. The lowest BCUT2D eigenvalue weighted by atomic mass is 9.96. The summed E-state index contributed by atoms with van der Waals surface area (Å²) < 4.78 is 76.2. The molecule has 0 saturated carbocycles. The molecule has 1 amide bonds. The minimum atomic E-state index is -4.08. The number of hydrogen-bond donors (Lipinski definition) is 2. The van der Waals surface area contributed by atoms with Gasteiger partial charge in [0.25, 0.3) is 5.91 Å². The molecule has 0 fully saturated rings. The SMILES string of the molecule is CNC(=O)c1c(-c2ccc(F)cc2)oc2cc(N(CC(O)Cn3ccnc3)S(C)(=O)=O)c(-c3ccc(OC)c(-c4nc5c(F)cccc5o4)c3)cc12. The molecule has 0 spiro atoms. The van der Waals surface area contributed by atoms with E-state index in [0.29, 0.717) is 33.4 Å². The van der Waals surface area contributed by atoms with Crippen LogP contribution in [-0.2, 0) is 16.6 Å². The van der Waals surface area contributed by atoms with Gasteiger partial charge in [-0.15, -0.1) is 0 Å². The van der Waals surface area contributed by atoms with Gasteiger partial charge in [0.15, 0.2) is 11.4 Å². The van der Waals surface area contributed by atoms with Crippen LogP contribution >= 0.6 is 0 Å². The number of imidazole rings is 1. The van der Waals surface area contributed by atoms with Gasteiger partial charge < -0.3 is 28.6 Å². The lowest BCUT2D eigenvalue weighted by Crippen LogP contribution is -2.38. The molecule has 3 heterocycles. The molecule has 0 aliphatic heterocycles. The predicted octanol–water partition coefficient (Wildman–Crippen LogP) is 6.25. The van der Waals surface area contributed by atoms with Gasteiger partial charge in [0, 0.05) is 42.0 Å². The highest BCUT2D eigenvalue weighted by atomic mass is 32.2. The number of carbonyl (C=O) groups excluding carboxylic acids is 1. The van der Waals surface area contributed by atoms with Gasteiger partial charge in [0.05, 0.1) is 55.7 Å². The Labute approximate surface area is 295 Å². The van der Waals surface area contributed by atoms with E-state index in [2.05, 4.69) is 15.3 Å². The molecule has 266 valence electrons. The molecule has 52 heavy (non-hydrogen) atoms. The molecule has 0 aliphatic carbocycles. The highest BCUT2D eigenvalue weighted by Crippen LogP contribution is 2.44. The number of nitrogens with zero attached hydrogens (tertiary/aromatic N) is 4. The number of carbonyl (C=O) groups is 1. The number of nitrogens with one attached hydrogen (secondary N) is 1. The fourth-order valence-corrected chi connectivity index (χ4v) is 7.05. The molecule has 15 heteroatoms. The Morgan fingerprint density at radius 1 is 1.02 bits per heavy atom. The number of aromatic nitrogens is 3. The summed E-state index contributed by atoms with van der Waals surface area (Å²) in [7, 11) is -1.18. The van der Waals surface area contributed by atoms with Crippen LogP contribution in [0.2, 0.25) is 0 Å². The van der Waals surface area contributed by atoms with E-state index >= 15 is 0 Å². The average molecular weight is 728 g/mol. The Hall–Kier alpha value is -6.06. The minimum absolute atomic E-state index is 0.0177. The number of aliphatic hydroxyl groups is 1. The standard InChI is InChI=1S/C37H31F2N5O7S/c1-40-36(46)33-26-16-25(22-9-12-30(49-2)27(15-22)37-42-34-28(39)5-4-6-31(34)51-37)29(17-32(26)50-35(33)21-7-10-23(38)11-8-21)44(52(3,47)48)19-24(45)18-43-14-13-41-20-43/h4-17,20,24,45H,18-19H2,1-3H3,(H,40,46).